The van der Waals surface area contributed by atoms with E-state index < -0.39 is 16.6 Å². The highest BCUT2D eigenvalue weighted by Crippen LogP contribution is 2.16. The van der Waals surface area contributed by atoms with Gasteiger partial charge >= 0.3 is 6.61 Å². The maximum Gasteiger partial charge on any atom is 0.387 e. The Kier molecular flexibility index (Phi) is 7.47. The molecule has 0 aliphatic rings. The number of ether oxygens (including phenoxy) is 1. The summed E-state index contributed by atoms with van der Waals surface area (Å²) >= 11 is 0. The van der Waals surface area contributed by atoms with Crippen molar-refractivity contribution in [3.8, 4) is 5.75 Å². The monoisotopic (exact) mass is 412 g/mol. The zero-order chi connectivity index (χ0) is 20.7. The fourth-order valence-electron chi connectivity index (χ4n) is 2.52. The first-order chi connectivity index (χ1) is 13.3. The third kappa shape index (κ3) is 5.74. The second kappa shape index (κ2) is 9.61. The fraction of sp³-hybridized carbons (Fsp3) is 0.316. The number of amides is 1. The van der Waals surface area contributed by atoms with Crippen molar-refractivity contribution in [2.45, 2.75) is 31.9 Å². The number of hydrogen-bond acceptors (Lipinski definition) is 4. The van der Waals surface area contributed by atoms with Crippen molar-refractivity contribution >= 4 is 15.9 Å². The van der Waals surface area contributed by atoms with Gasteiger partial charge in [-0.05, 0) is 55.8 Å². The van der Waals surface area contributed by atoms with E-state index in [1.165, 1.54) is 48.5 Å². The van der Waals surface area contributed by atoms with E-state index in [2.05, 4.69) is 9.46 Å². The summed E-state index contributed by atoms with van der Waals surface area (Å²) in [4.78, 5) is 13.9. The first kappa shape index (κ1) is 21.8. The lowest BCUT2D eigenvalue weighted by Gasteiger charge is -2.18. The molecule has 1 N–H and O–H groups in total. The van der Waals surface area contributed by atoms with Crippen LogP contribution in [0.5, 0.6) is 5.75 Å². The van der Waals surface area contributed by atoms with Crippen LogP contribution in [-0.2, 0) is 16.6 Å². The quantitative estimate of drug-likeness (QED) is 0.686. The fourth-order valence-corrected chi connectivity index (χ4v) is 3.54. The standard InChI is InChI=1S/C19H22F2N2O4S/c1-3-23(4-2)18(24)15-7-11-17(12-8-15)28(25,26)22-13-14-5-9-16(10-6-14)27-19(20)21/h5-12,19,22H,3-4,13H2,1-2H3. The lowest BCUT2D eigenvalue weighted by molar-refractivity contribution is -0.0498. The summed E-state index contributed by atoms with van der Waals surface area (Å²) in [5.74, 6) is -0.164. The van der Waals surface area contributed by atoms with Gasteiger partial charge in [0.05, 0.1) is 4.90 Å². The third-order valence-corrected chi connectivity index (χ3v) is 5.49. The first-order valence-electron chi connectivity index (χ1n) is 8.69. The number of alkyl halides is 2. The lowest BCUT2D eigenvalue weighted by atomic mass is 10.2. The van der Waals surface area contributed by atoms with E-state index in [4.69, 9.17) is 0 Å². The van der Waals surface area contributed by atoms with Crippen molar-refractivity contribution in [2.24, 2.45) is 0 Å². The largest absolute Gasteiger partial charge is 0.435 e. The predicted octanol–water partition coefficient (Wildman–Crippen LogP) is 3.25. The van der Waals surface area contributed by atoms with Gasteiger partial charge in [-0.25, -0.2) is 13.1 Å². The minimum atomic E-state index is -3.79. The van der Waals surface area contributed by atoms with Crippen LogP contribution in [0.3, 0.4) is 0 Å². The molecule has 6 nitrogen and oxygen atoms in total. The third-order valence-electron chi connectivity index (χ3n) is 4.08. The van der Waals surface area contributed by atoms with Crippen LogP contribution in [0.15, 0.2) is 53.4 Å². The molecule has 1 amide bonds. The molecule has 0 atom stereocenters. The van der Waals surface area contributed by atoms with Crippen LogP contribution in [0.25, 0.3) is 0 Å². The zero-order valence-corrected chi connectivity index (χ0v) is 16.4. The topological polar surface area (TPSA) is 75.7 Å². The second-order valence-corrected chi connectivity index (χ2v) is 7.62. The highest BCUT2D eigenvalue weighted by atomic mass is 32.2. The second-order valence-electron chi connectivity index (χ2n) is 5.85. The number of nitrogens with one attached hydrogen (secondary N) is 1. The highest BCUT2D eigenvalue weighted by Gasteiger charge is 2.17. The van der Waals surface area contributed by atoms with Crippen LogP contribution >= 0.6 is 0 Å². The number of rotatable bonds is 9. The first-order valence-corrected chi connectivity index (χ1v) is 10.2. The Morgan fingerprint density at radius 1 is 1.04 bits per heavy atom. The summed E-state index contributed by atoms with van der Waals surface area (Å²) in [5.41, 5.74) is 0.996. The summed E-state index contributed by atoms with van der Waals surface area (Å²) in [6.07, 6.45) is 0. The summed E-state index contributed by atoms with van der Waals surface area (Å²) in [6.45, 7) is 1.95. The van der Waals surface area contributed by atoms with E-state index in [1.54, 1.807) is 4.90 Å². The Hall–Kier alpha value is -2.52. The van der Waals surface area contributed by atoms with Gasteiger partial charge in [0.25, 0.3) is 5.91 Å². The number of nitrogens with zero attached hydrogens (tertiary/aromatic N) is 1. The van der Waals surface area contributed by atoms with E-state index in [0.29, 0.717) is 24.2 Å². The van der Waals surface area contributed by atoms with Crippen molar-refractivity contribution in [3.63, 3.8) is 0 Å². The van der Waals surface area contributed by atoms with Gasteiger partial charge in [0.2, 0.25) is 10.0 Å². The van der Waals surface area contributed by atoms with E-state index in [0.717, 1.165) is 0 Å². The van der Waals surface area contributed by atoms with Gasteiger partial charge < -0.3 is 9.64 Å². The Bertz CT molecular complexity index is 881. The summed E-state index contributed by atoms with van der Waals surface area (Å²) in [5, 5.41) is 0. The van der Waals surface area contributed by atoms with Gasteiger partial charge in [0.15, 0.2) is 0 Å². The number of carbonyl (C=O) groups excluding carboxylic acids is 1. The molecule has 9 heteroatoms. The van der Waals surface area contributed by atoms with Crippen molar-refractivity contribution in [1.82, 2.24) is 9.62 Å². The normalized spacial score (nSPS) is 11.5. The number of hydrogen-bond donors (Lipinski definition) is 1. The van der Waals surface area contributed by atoms with Crippen LogP contribution in [0.2, 0.25) is 0 Å². The smallest absolute Gasteiger partial charge is 0.387 e. The molecular formula is C19H22F2N2O4S. The van der Waals surface area contributed by atoms with Crippen LogP contribution in [0.4, 0.5) is 8.78 Å². The zero-order valence-electron chi connectivity index (χ0n) is 15.6. The molecule has 152 valence electrons. The van der Waals surface area contributed by atoms with E-state index in [1.807, 2.05) is 13.8 Å². The van der Waals surface area contributed by atoms with Crippen molar-refractivity contribution in [3.05, 3.63) is 59.7 Å². The van der Waals surface area contributed by atoms with Crippen molar-refractivity contribution in [1.29, 1.82) is 0 Å². The molecule has 0 saturated heterocycles. The molecule has 0 heterocycles. The molecule has 0 bridgehead atoms. The minimum absolute atomic E-state index is 0.00457. The minimum Gasteiger partial charge on any atom is -0.435 e. The Balaban J connectivity index is 2.03. The highest BCUT2D eigenvalue weighted by molar-refractivity contribution is 7.89. The number of halogens is 2. The molecule has 28 heavy (non-hydrogen) atoms. The van der Waals surface area contributed by atoms with Gasteiger partial charge in [-0.2, -0.15) is 8.78 Å². The van der Waals surface area contributed by atoms with Gasteiger partial charge in [-0.15, -0.1) is 0 Å². The van der Waals surface area contributed by atoms with Crippen molar-refractivity contribution in [2.75, 3.05) is 13.1 Å². The molecule has 2 rings (SSSR count). The maximum absolute atomic E-state index is 12.4. The van der Waals surface area contributed by atoms with Gasteiger partial charge in [0.1, 0.15) is 5.75 Å². The summed E-state index contributed by atoms with van der Waals surface area (Å²) < 4.78 is 55.8. The van der Waals surface area contributed by atoms with E-state index >= 15 is 0 Å². The Morgan fingerprint density at radius 2 is 1.61 bits per heavy atom. The molecular weight excluding hydrogens is 390 g/mol. The lowest BCUT2D eigenvalue weighted by Crippen LogP contribution is -2.30. The SMILES string of the molecule is CCN(CC)C(=O)c1ccc(S(=O)(=O)NCc2ccc(OC(F)F)cc2)cc1. The van der Waals surface area contributed by atoms with Crippen LogP contribution < -0.4 is 9.46 Å². The van der Waals surface area contributed by atoms with Gasteiger partial charge in [-0.1, -0.05) is 12.1 Å². The molecule has 0 spiro atoms. The van der Waals surface area contributed by atoms with Crippen LogP contribution in [-0.4, -0.2) is 38.9 Å². The molecule has 2 aromatic rings. The predicted molar refractivity (Wildman–Crippen MR) is 101 cm³/mol. The van der Waals surface area contributed by atoms with E-state index in [-0.39, 0.29) is 23.1 Å². The summed E-state index contributed by atoms with van der Waals surface area (Å²) in [6, 6.07) is 11.4. The average Bonchev–Trinajstić information content (AvgIpc) is 2.68. The van der Waals surface area contributed by atoms with Crippen molar-refractivity contribution < 1.29 is 26.7 Å². The molecule has 0 unspecified atom stereocenters. The molecule has 0 aromatic heterocycles. The number of carbonyl (C=O) groups is 1. The van der Waals surface area contributed by atoms with Gasteiger partial charge in [0, 0.05) is 25.2 Å². The molecule has 0 aliphatic carbocycles. The maximum atomic E-state index is 12.4. The molecule has 0 aliphatic heterocycles. The summed E-state index contributed by atoms with van der Waals surface area (Å²) in [7, 11) is -3.79. The van der Waals surface area contributed by atoms with Crippen LogP contribution in [0, 0.1) is 0 Å². The average molecular weight is 412 g/mol. The number of benzene rings is 2. The van der Waals surface area contributed by atoms with E-state index in [9.17, 15) is 22.0 Å². The Morgan fingerprint density at radius 3 is 2.11 bits per heavy atom. The van der Waals surface area contributed by atoms with Gasteiger partial charge in [-0.3, -0.25) is 4.79 Å². The number of sulfonamides is 1. The molecule has 0 fully saturated rings. The molecule has 2 aromatic carbocycles. The van der Waals surface area contributed by atoms with Crippen LogP contribution in [0.1, 0.15) is 29.8 Å². The molecule has 0 saturated carbocycles. The molecule has 0 radical (unpaired) electrons. The Labute approximate surface area is 163 Å².